The van der Waals surface area contributed by atoms with Gasteiger partial charge in [-0.1, -0.05) is 0 Å². The Morgan fingerprint density at radius 2 is 2.70 bits per heavy atom. The number of hydrogen-bond acceptors (Lipinski definition) is 3. The van der Waals surface area contributed by atoms with E-state index in [9.17, 15) is 0 Å². The second-order valence-electron chi connectivity index (χ2n) is 2.05. The van der Waals surface area contributed by atoms with Gasteiger partial charge in [0, 0.05) is 19.0 Å². The fraction of sp³-hybridized carbons (Fsp3) is 0.500. The maximum Gasteiger partial charge on any atom is 0.114 e. The van der Waals surface area contributed by atoms with Crippen molar-refractivity contribution in [3.8, 4) is 0 Å². The zero-order valence-corrected chi connectivity index (χ0v) is 7.25. The molecule has 0 aromatic heterocycles. The molecule has 10 heavy (non-hydrogen) atoms. The van der Waals surface area contributed by atoms with Crippen molar-refractivity contribution in [2.45, 2.75) is 5.37 Å². The van der Waals surface area contributed by atoms with E-state index in [4.69, 9.17) is 17.0 Å². The van der Waals surface area contributed by atoms with Crippen LogP contribution in [0.4, 0.5) is 0 Å². The summed E-state index contributed by atoms with van der Waals surface area (Å²) < 4.78 is 0. The summed E-state index contributed by atoms with van der Waals surface area (Å²) in [6.45, 7) is 0. The fourth-order valence-electron chi connectivity index (χ4n) is 0.763. The molecule has 0 saturated carbocycles. The van der Waals surface area contributed by atoms with Gasteiger partial charge in [0.05, 0.1) is 5.88 Å². The van der Waals surface area contributed by atoms with Crippen molar-refractivity contribution in [3.05, 3.63) is 11.1 Å². The third kappa shape index (κ3) is 1.30. The van der Waals surface area contributed by atoms with Gasteiger partial charge < -0.3 is 10.3 Å². The molecule has 0 amide bonds. The largest absolute Gasteiger partial charge is 0.359 e. The quantitative estimate of drug-likeness (QED) is 0.513. The second-order valence-corrected chi connectivity index (χ2v) is 3.31. The van der Waals surface area contributed by atoms with E-state index < -0.39 is 0 Å². The first-order chi connectivity index (χ1) is 4.79. The Kier molecular flexibility index (Phi) is 2.63. The van der Waals surface area contributed by atoms with Gasteiger partial charge in [0.2, 0.25) is 0 Å². The number of thioether (sulfide) groups is 1. The van der Waals surface area contributed by atoms with Crippen molar-refractivity contribution in [1.82, 2.24) is 4.90 Å². The van der Waals surface area contributed by atoms with Crippen LogP contribution >= 0.6 is 23.4 Å². The minimum Gasteiger partial charge on any atom is -0.359 e. The summed E-state index contributed by atoms with van der Waals surface area (Å²) in [5, 5.41) is 9.20. The normalized spacial score (nSPS) is 24.8. The van der Waals surface area contributed by atoms with Crippen LogP contribution in [0.25, 0.3) is 0 Å². The van der Waals surface area contributed by atoms with E-state index in [0.717, 1.165) is 5.70 Å². The van der Waals surface area contributed by atoms with E-state index in [1.165, 1.54) is 6.21 Å². The monoisotopic (exact) mass is 176 g/mol. The molecule has 1 unspecified atom stereocenters. The van der Waals surface area contributed by atoms with Gasteiger partial charge in [0.15, 0.2) is 0 Å². The fourth-order valence-corrected chi connectivity index (χ4v) is 2.06. The summed E-state index contributed by atoms with van der Waals surface area (Å²) >= 11 is 7.25. The predicted octanol–water partition coefficient (Wildman–Crippen LogP) is 1.72. The Morgan fingerprint density at radius 3 is 3.00 bits per heavy atom. The smallest absolute Gasteiger partial charge is 0.114 e. The molecule has 1 atom stereocenters. The molecule has 56 valence electrons. The van der Waals surface area contributed by atoms with Crippen molar-refractivity contribution < 1.29 is 0 Å². The van der Waals surface area contributed by atoms with Crippen LogP contribution in [-0.2, 0) is 0 Å². The maximum atomic E-state index is 7.03. The van der Waals surface area contributed by atoms with Crippen molar-refractivity contribution in [1.29, 1.82) is 5.41 Å². The third-order valence-electron chi connectivity index (χ3n) is 1.46. The van der Waals surface area contributed by atoms with Gasteiger partial charge in [-0.15, -0.1) is 23.4 Å². The molecule has 1 aliphatic rings. The molecule has 0 spiro atoms. The van der Waals surface area contributed by atoms with Gasteiger partial charge in [-0.25, -0.2) is 0 Å². The van der Waals surface area contributed by atoms with Crippen LogP contribution in [0.2, 0.25) is 0 Å². The first-order valence-corrected chi connectivity index (χ1v) is 4.41. The van der Waals surface area contributed by atoms with Crippen LogP contribution in [0, 0.1) is 5.41 Å². The van der Waals surface area contributed by atoms with E-state index in [1.807, 2.05) is 17.4 Å². The first kappa shape index (κ1) is 7.95. The molecule has 0 radical (unpaired) electrons. The number of alkyl halides is 1. The van der Waals surface area contributed by atoms with Crippen LogP contribution < -0.4 is 0 Å². The van der Waals surface area contributed by atoms with Crippen LogP contribution in [0.5, 0.6) is 0 Å². The molecule has 0 saturated heterocycles. The molecule has 2 nitrogen and oxygen atoms in total. The molecule has 0 aliphatic carbocycles. The van der Waals surface area contributed by atoms with E-state index in [2.05, 4.69) is 0 Å². The second kappa shape index (κ2) is 3.30. The van der Waals surface area contributed by atoms with Crippen LogP contribution in [-0.4, -0.2) is 29.4 Å². The lowest BCUT2D eigenvalue weighted by Gasteiger charge is -2.19. The Bertz CT molecular complexity index is 169. The number of nitrogens with one attached hydrogen (secondary N) is 1. The van der Waals surface area contributed by atoms with E-state index in [0.29, 0.717) is 5.88 Å². The lowest BCUT2D eigenvalue weighted by molar-refractivity contribution is 0.468. The van der Waals surface area contributed by atoms with Crippen LogP contribution in [0.15, 0.2) is 11.1 Å². The van der Waals surface area contributed by atoms with Crippen LogP contribution in [0.3, 0.4) is 0 Å². The highest BCUT2D eigenvalue weighted by atomic mass is 35.5. The highest BCUT2D eigenvalue weighted by Crippen LogP contribution is 2.28. The highest BCUT2D eigenvalue weighted by molar-refractivity contribution is 8.03. The summed E-state index contributed by atoms with van der Waals surface area (Å²) in [5.41, 5.74) is 1.10. The van der Waals surface area contributed by atoms with Crippen molar-refractivity contribution in [3.63, 3.8) is 0 Å². The lowest BCUT2D eigenvalue weighted by atomic mass is 10.5. The Morgan fingerprint density at radius 1 is 2.00 bits per heavy atom. The van der Waals surface area contributed by atoms with Gasteiger partial charge in [-0.05, 0) is 5.41 Å². The predicted molar refractivity (Wildman–Crippen MR) is 46.7 cm³/mol. The molecule has 1 heterocycles. The molecule has 1 N–H and O–H groups in total. The zero-order chi connectivity index (χ0) is 7.56. The topological polar surface area (TPSA) is 27.1 Å². The zero-order valence-electron chi connectivity index (χ0n) is 5.67. The summed E-state index contributed by atoms with van der Waals surface area (Å²) in [7, 11) is 1.95. The van der Waals surface area contributed by atoms with E-state index in [1.54, 1.807) is 11.8 Å². The van der Waals surface area contributed by atoms with Gasteiger partial charge in [0.1, 0.15) is 5.37 Å². The molecular weight excluding hydrogens is 168 g/mol. The Hall–Kier alpha value is -0.150. The maximum absolute atomic E-state index is 7.03. The third-order valence-corrected chi connectivity index (χ3v) is 2.87. The average molecular weight is 177 g/mol. The summed E-state index contributed by atoms with van der Waals surface area (Å²) in [5.74, 6) is 0.536. The van der Waals surface area contributed by atoms with Crippen molar-refractivity contribution in [2.24, 2.45) is 0 Å². The molecule has 0 aromatic rings. The van der Waals surface area contributed by atoms with Gasteiger partial charge in [-0.2, -0.15) is 0 Å². The van der Waals surface area contributed by atoms with Crippen molar-refractivity contribution >= 4 is 29.6 Å². The van der Waals surface area contributed by atoms with Gasteiger partial charge >= 0.3 is 0 Å². The van der Waals surface area contributed by atoms with Crippen LogP contribution in [0.1, 0.15) is 0 Å². The number of allylic oxidation sites excluding steroid dienone is 1. The summed E-state index contributed by atoms with van der Waals surface area (Å²) in [6, 6.07) is 0. The number of rotatable bonds is 2. The Balaban J connectivity index is 2.59. The lowest BCUT2D eigenvalue weighted by Crippen LogP contribution is -2.25. The standard InChI is InChI=1S/C6H9ClN2S/c1-9-5(2-7)4-10-6(9)3-8/h3-4,6,8H,2H2,1H3. The van der Waals surface area contributed by atoms with Gasteiger partial charge in [-0.3, -0.25) is 0 Å². The average Bonchev–Trinajstić information content (AvgIpc) is 2.30. The van der Waals surface area contributed by atoms with E-state index in [-0.39, 0.29) is 5.37 Å². The molecule has 1 aliphatic heterocycles. The molecule has 4 heteroatoms. The van der Waals surface area contributed by atoms with E-state index >= 15 is 0 Å². The SMILES string of the molecule is CN1C(CCl)=CSC1C=N. The summed E-state index contributed by atoms with van der Waals surface area (Å²) in [4.78, 5) is 2.00. The van der Waals surface area contributed by atoms with Gasteiger partial charge in [0.25, 0.3) is 0 Å². The molecule has 0 fully saturated rings. The summed E-state index contributed by atoms with van der Waals surface area (Å²) in [6.07, 6.45) is 1.42. The number of nitrogens with zero attached hydrogens (tertiary/aromatic N) is 1. The first-order valence-electron chi connectivity index (χ1n) is 2.93. The molecular formula is C6H9ClN2S. The number of hydrogen-bond donors (Lipinski definition) is 1. The molecule has 0 aromatic carbocycles. The minimum atomic E-state index is 0.161. The Labute approximate surface area is 69.7 Å². The molecule has 0 bridgehead atoms. The molecule has 1 rings (SSSR count). The highest BCUT2D eigenvalue weighted by Gasteiger charge is 2.19. The number of halogens is 1. The minimum absolute atomic E-state index is 0.161. The van der Waals surface area contributed by atoms with Crippen molar-refractivity contribution in [2.75, 3.05) is 12.9 Å².